The molecule has 2 aromatic rings. The fraction of sp³-hybridized carbons (Fsp3) is 0.188. The Morgan fingerprint density at radius 1 is 1.36 bits per heavy atom. The molecular formula is C16H17BrN4O. The second kappa shape index (κ2) is 7.17. The van der Waals surface area contributed by atoms with Gasteiger partial charge in [-0.25, -0.2) is 5.43 Å². The van der Waals surface area contributed by atoms with Crippen LogP contribution >= 0.6 is 15.9 Å². The molecule has 0 aliphatic rings. The molecule has 5 nitrogen and oxygen atoms in total. The molecular weight excluding hydrogens is 344 g/mol. The van der Waals surface area contributed by atoms with Gasteiger partial charge in [-0.1, -0.05) is 36.4 Å². The van der Waals surface area contributed by atoms with E-state index in [2.05, 4.69) is 31.6 Å². The summed E-state index contributed by atoms with van der Waals surface area (Å²) >= 11 is 3.36. The van der Waals surface area contributed by atoms with Gasteiger partial charge in [-0.05, 0) is 40.9 Å². The molecule has 1 aromatic carbocycles. The van der Waals surface area contributed by atoms with Crippen LogP contribution in [0.1, 0.15) is 28.7 Å². The number of carbonyl (C=O) groups is 1. The molecule has 0 radical (unpaired) electrons. The van der Waals surface area contributed by atoms with Crippen molar-refractivity contribution >= 4 is 34.1 Å². The van der Waals surface area contributed by atoms with Crippen molar-refractivity contribution < 1.29 is 4.79 Å². The lowest BCUT2D eigenvalue weighted by molar-refractivity contribution is 0.0948. The number of amides is 1. The van der Waals surface area contributed by atoms with Gasteiger partial charge < -0.3 is 0 Å². The summed E-state index contributed by atoms with van der Waals surface area (Å²) in [6, 6.07) is 9.92. The topological polar surface area (TPSA) is 59.3 Å². The van der Waals surface area contributed by atoms with Crippen molar-refractivity contribution in [2.45, 2.75) is 13.8 Å². The lowest BCUT2D eigenvalue weighted by Crippen LogP contribution is -2.18. The zero-order chi connectivity index (χ0) is 16.1. The van der Waals surface area contributed by atoms with Gasteiger partial charge in [0.05, 0.1) is 16.4 Å². The first kappa shape index (κ1) is 16.2. The molecule has 0 saturated heterocycles. The Morgan fingerprint density at radius 2 is 2.05 bits per heavy atom. The van der Waals surface area contributed by atoms with Crippen molar-refractivity contribution in [3.8, 4) is 0 Å². The van der Waals surface area contributed by atoms with E-state index in [4.69, 9.17) is 0 Å². The van der Waals surface area contributed by atoms with E-state index in [1.807, 2.05) is 50.3 Å². The number of allylic oxidation sites excluding steroid dienone is 1. The molecule has 0 atom stereocenters. The normalized spacial score (nSPS) is 11.9. The van der Waals surface area contributed by atoms with Crippen LogP contribution in [0.5, 0.6) is 0 Å². The maximum absolute atomic E-state index is 12.0. The Kier molecular flexibility index (Phi) is 5.27. The van der Waals surface area contributed by atoms with E-state index in [0.717, 1.165) is 16.8 Å². The Bertz CT molecular complexity index is 732. The molecule has 0 bridgehead atoms. The van der Waals surface area contributed by atoms with Crippen molar-refractivity contribution in [1.82, 2.24) is 15.2 Å². The third-order valence-corrected chi connectivity index (χ3v) is 4.05. The first-order chi connectivity index (χ1) is 10.5. The highest BCUT2D eigenvalue weighted by Gasteiger charge is 2.16. The molecule has 1 N–H and O–H groups in total. The number of carbonyl (C=O) groups excluding carboxylic acids is 1. The van der Waals surface area contributed by atoms with Crippen molar-refractivity contribution in [3.05, 3.63) is 57.3 Å². The minimum absolute atomic E-state index is 0.321. The predicted molar refractivity (Wildman–Crippen MR) is 91.7 cm³/mol. The van der Waals surface area contributed by atoms with Crippen LogP contribution in [0.2, 0.25) is 0 Å². The number of rotatable bonds is 4. The van der Waals surface area contributed by atoms with E-state index in [1.54, 1.807) is 17.9 Å². The lowest BCUT2D eigenvalue weighted by Gasteiger charge is -1.97. The minimum atomic E-state index is -0.348. The third-order valence-electron chi connectivity index (χ3n) is 3.10. The van der Waals surface area contributed by atoms with Gasteiger partial charge in [-0.3, -0.25) is 9.48 Å². The average Bonchev–Trinajstić information content (AvgIpc) is 2.76. The molecule has 0 aliphatic heterocycles. The molecule has 22 heavy (non-hydrogen) atoms. The zero-order valence-electron chi connectivity index (χ0n) is 12.7. The highest BCUT2D eigenvalue weighted by Crippen LogP contribution is 2.19. The molecule has 0 aliphatic carbocycles. The Labute approximate surface area is 137 Å². The van der Waals surface area contributed by atoms with Crippen molar-refractivity contribution in [2.24, 2.45) is 12.1 Å². The van der Waals surface area contributed by atoms with Gasteiger partial charge in [0.2, 0.25) is 0 Å². The van der Waals surface area contributed by atoms with Crippen LogP contribution in [-0.4, -0.2) is 21.9 Å². The number of halogens is 1. The summed E-state index contributed by atoms with van der Waals surface area (Å²) in [5.41, 5.74) is 5.70. The number of hydrogen-bond acceptors (Lipinski definition) is 3. The molecule has 0 fully saturated rings. The molecule has 6 heteroatoms. The number of nitrogens with zero attached hydrogens (tertiary/aromatic N) is 3. The highest BCUT2D eigenvalue weighted by molar-refractivity contribution is 9.10. The summed E-state index contributed by atoms with van der Waals surface area (Å²) in [5, 5.41) is 8.11. The molecule has 1 amide bonds. The summed E-state index contributed by atoms with van der Waals surface area (Å²) in [7, 11) is 1.78. The molecule has 2 rings (SSSR count). The number of nitrogens with one attached hydrogen (secondary N) is 1. The monoisotopic (exact) mass is 360 g/mol. The van der Waals surface area contributed by atoms with E-state index in [-0.39, 0.29) is 5.91 Å². The fourth-order valence-electron chi connectivity index (χ4n) is 1.82. The van der Waals surface area contributed by atoms with Gasteiger partial charge in [0.25, 0.3) is 5.91 Å². The van der Waals surface area contributed by atoms with Crippen LogP contribution in [0.15, 0.2) is 45.5 Å². The summed E-state index contributed by atoms with van der Waals surface area (Å²) in [6.07, 6.45) is 3.59. The van der Waals surface area contributed by atoms with Crippen LogP contribution in [-0.2, 0) is 7.05 Å². The number of hydrogen-bond donors (Lipinski definition) is 1. The van der Waals surface area contributed by atoms with Gasteiger partial charge in [-0.2, -0.15) is 10.2 Å². The second-order valence-corrected chi connectivity index (χ2v) is 5.66. The Hall–Kier alpha value is -2.21. The van der Waals surface area contributed by atoms with Gasteiger partial charge >= 0.3 is 0 Å². The third kappa shape index (κ3) is 3.92. The first-order valence-electron chi connectivity index (χ1n) is 6.75. The quantitative estimate of drug-likeness (QED) is 0.671. The van der Waals surface area contributed by atoms with E-state index >= 15 is 0 Å². The number of hydrazone groups is 1. The smallest absolute Gasteiger partial charge is 0.271 e. The van der Waals surface area contributed by atoms with E-state index in [0.29, 0.717) is 10.2 Å². The Balaban J connectivity index is 2.01. The SMILES string of the molecule is C/C(C=NNC(=O)c1nn(C)c(C)c1Br)=C\c1ccccc1. The van der Waals surface area contributed by atoms with Gasteiger partial charge in [0.1, 0.15) is 0 Å². The molecule has 0 unspecified atom stereocenters. The molecule has 1 aromatic heterocycles. The van der Waals surface area contributed by atoms with E-state index in [9.17, 15) is 4.79 Å². The van der Waals surface area contributed by atoms with Crippen LogP contribution < -0.4 is 5.43 Å². The van der Waals surface area contributed by atoms with Gasteiger partial charge in [0, 0.05) is 7.05 Å². The minimum Gasteiger partial charge on any atom is -0.271 e. The number of aromatic nitrogens is 2. The van der Waals surface area contributed by atoms with Crippen LogP contribution in [0.25, 0.3) is 6.08 Å². The largest absolute Gasteiger partial charge is 0.293 e. The number of benzene rings is 1. The summed E-state index contributed by atoms with van der Waals surface area (Å²) in [4.78, 5) is 12.0. The Morgan fingerprint density at radius 3 is 2.64 bits per heavy atom. The second-order valence-electron chi connectivity index (χ2n) is 4.87. The maximum Gasteiger partial charge on any atom is 0.293 e. The fourth-order valence-corrected chi connectivity index (χ4v) is 2.34. The molecule has 0 saturated carbocycles. The standard InChI is InChI=1S/C16H17BrN4O/c1-11(9-13-7-5-4-6-8-13)10-18-19-16(22)15-14(17)12(2)21(3)20-15/h4-10H,1-3H3,(H,19,22)/b11-9+,18-10?. The first-order valence-corrected chi connectivity index (χ1v) is 7.54. The molecule has 0 spiro atoms. The maximum atomic E-state index is 12.0. The van der Waals surface area contributed by atoms with Gasteiger partial charge in [-0.15, -0.1) is 0 Å². The van der Waals surface area contributed by atoms with Crippen molar-refractivity contribution in [2.75, 3.05) is 0 Å². The van der Waals surface area contributed by atoms with Gasteiger partial charge in [0.15, 0.2) is 5.69 Å². The molecule has 1 heterocycles. The van der Waals surface area contributed by atoms with E-state index < -0.39 is 0 Å². The highest BCUT2D eigenvalue weighted by atomic mass is 79.9. The predicted octanol–water partition coefficient (Wildman–Crippen LogP) is 3.31. The van der Waals surface area contributed by atoms with E-state index in [1.165, 1.54) is 0 Å². The summed E-state index contributed by atoms with van der Waals surface area (Å²) in [5.74, 6) is -0.348. The van der Waals surface area contributed by atoms with Crippen LogP contribution in [0, 0.1) is 6.92 Å². The summed E-state index contributed by atoms with van der Waals surface area (Å²) < 4.78 is 2.32. The number of aryl methyl sites for hydroxylation is 1. The zero-order valence-corrected chi connectivity index (χ0v) is 14.3. The summed E-state index contributed by atoms with van der Waals surface area (Å²) in [6.45, 7) is 3.80. The van der Waals surface area contributed by atoms with Crippen molar-refractivity contribution in [1.29, 1.82) is 0 Å². The van der Waals surface area contributed by atoms with Crippen molar-refractivity contribution in [3.63, 3.8) is 0 Å². The lowest BCUT2D eigenvalue weighted by atomic mass is 10.1. The van der Waals surface area contributed by atoms with Crippen LogP contribution in [0.4, 0.5) is 0 Å². The average molecular weight is 361 g/mol. The molecule has 114 valence electrons. The van der Waals surface area contributed by atoms with Crippen LogP contribution in [0.3, 0.4) is 0 Å².